The van der Waals surface area contributed by atoms with Gasteiger partial charge in [0.15, 0.2) is 0 Å². The van der Waals surface area contributed by atoms with Gasteiger partial charge in [0, 0.05) is 36.0 Å². The second-order valence-electron chi connectivity index (χ2n) is 6.24. The number of rotatable bonds is 7. The molecule has 0 saturated heterocycles. The smallest absolute Gasteiger partial charge is 0.221 e. The Labute approximate surface area is 158 Å². The molecule has 1 amide bonds. The average molecular weight is 366 g/mol. The zero-order valence-electron chi connectivity index (χ0n) is 15.1. The van der Waals surface area contributed by atoms with Crippen molar-refractivity contribution in [1.29, 1.82) is 0 Å². The van der Waals surface area contributed by atoms with Crippen LogP contribution in [0.3, 0.4) is 0 Å². The van der Waals surface area contributed by atoms with E-state index in [0.29, 0.717) is 13.0 Å². The summed E-state index contributed by atoms with van der Waals surface area (Å²) in [5.74, 6) is 0.865. The molecule has 0 aliphatic heterocycles. The van der Waals surface area contributed by atoms with Crippen LogP contribution >= 0.6 is 11.8 Å². The molecule has 5 heteroatoms. The highest BCUT2D eigenvalue weighted by atomic mass is 32.2. The summed E-state index contributed by atoms with van der Waals surface area (Å²) < 4.78 is 1.81. The van der Waals surface area contributed by atoms with Crippen molar-refractivity contribution in [2.45, 2.75) is 31.7 Å². The highest BCUT2D eigenvalue weighted by molar-refractivity contribution is 7.99. The monoisotopic (exact) mass is 365 g/mol. The van der Waals surface area contributed by atoms with Gasteiger partial charge in [-0.2, -0.15) is 5.10 Å². The number of aryl methyl sites for hydroxylation is 2. The fourth-order valence-corrected chi connectivity index (χ4v) is 3.49. The predicted molar refractivity (Wildman–Crippen MR) is 107 cm³/mol. The number of aromatic nitrogens is 2. The summed E-state index contributed by atoms with van der Waals surface area (Å²) in [5.41, 5.74) is 4.68. The van der Waals surface area contributed by atoms with E-state index < -0.39 is 0 Å². The Morgan fingerprint density at radius 3 is 2.62 bits per heavy atom. The number of amides is 1. The van der Waals surface area contributed by atoms with Crippen molar-refractivity contribution < 1.29 is 4.79 Å². The lowest BCUT2D eigenvalue weighted by Crippen LogP contribution is -2.23. The van der Waals surface area contributed by atoms with E-state index in [1.807, 2.05) is 41.2 Å². The molecule has 4 nitrogen and oxygen atoms in total. The fraction of sp³-hybridized carbons (Fsp3) is 0.238. The SMILES string of the molecule is Cc1ccc(SCCC(=O)NCc2ccc(-n3cccn3)cc2)cc1C. The summed E-state index contributed by atoms with van der Waals surface area (Å²) >= 11 is 1.72. The molecule has 0 spiro atoms. The van der Waals surface area contributed by atoms with Crippen LogP contribution in [0.1, 0.15) is 23.1 Å². The number of carbonyl (C=O) groups excluding carboxylic acids is 1. The van der Waals surface area contributed by atoms with Gasteiger partial charge in [0.2, 0.25) is 5.91 Å². The topological polar surface area (TPSA) is 46.9 Å². The van der Waals surface area contributed by atoms with Gasteiger partial charge in [-0.15, -0.1) is 11.8 Å². The van der Waals surface area contributed by atoms with Crippen LogP contribution in [0.5, 0.6) is 0 Å². The summed E-state index contributed by atoms with van der Waals surface area (Å²) in [6, 6.07) is 16.4. The minimum atomic E-state index is 0.0810. The first kappa shape index (κ1) is 18.3. The Balaban J connectivity index is 1.41. The van der Waals surface area contributed by atoms with Crippen LogP contribution in [0.15, 0.2) is 65.8 Å². The third kappa shape index (κ3) is 4.99. The summed E-state index contributed by atoms with van der Waals surface area (Å²) in [5, 5.41) is 7.19. The van der Waals surface area contributed by atoms with Gasteiger partial charge in [0.25, 0.3) is 0 Å². The van der Waals surface area contributed by atoms with Crippen LogP contribution in [-0.2, 0) is 11.3 Å². The highest BCUT2D eigenvalue weighted by Crippen LogP contribution is 2.21. The molecule has 0 aliphatic rings. The summed E-state index contributed by atoms with van der Waals surface area (Å²) in [6.07, 6.45) is 4.18. The zero-order valence-corrected chi connectivity index (χ0v) is 15.9. The Kier molecular flexibility index (Phi) is 6.12. The molecular weight excluding hydrogens is 342 g/mol. The Morgan fingerprint density at radius 1 is 1.12 bits per heavy atom. The van der Waals surface area contributed by atoms with Gasteiger partial charge in [-0.05, 0) is 60.9 Å². The van der Waals surface area contributed by atoms with Gasteiger partial charge >= 0.3 is 0 Å². The first-order chi connectivity index (χ1) is 12.6. The molecule has 1 aromatic heterocycles. The molecule has 0 atom stereocenters. The standard InChI is InChI=1S/C21H23N3OS/c1-16-4-9-20(14-17(16)2)26-13-10-21(25)22-15-18-5-7-19(8-6-18)24-12-3-11-23-24/h3-9,11-12,14H,10,13,15H2,1-2H3,(H,22,25). The maximum absolute atomic E-state index is 12.0. The zero-order chi connectivity index (χ0) is 18.4. The first-order valence-electron chi connectivity index (χ1n) is 8.67. The van der Waals surface area contributed by atoms with Gasteiger partial charge in [-0.25, -0.2) is 4.68 Å². The normalized spacial score (nSPS) is 10.7. The van der Waals surface area contributed by atoms with Crippen molar-refractivity contribution in [3.05, 3.63) is 77.6 Å². The number of hydrogen-bond donors (Lipinski definition) is 1. The molecule has 2 aromatic carbocycles. The number of nitrogens with one attached hydrogen (secondary N) is 1. The Morgan fingerprint density at radius 2 is 1.92 bits per heavy atom. The van der Waals surface area contributed by atoms with Crippen molar-refractivity contribution in [3.8, 4) is 5.69 Å². The van der Waals surface area contributed by atoms with Crippen molar-refractivity contribution in [2.24, 2.45) is 0 Å². The quantitative estimate of drug-likeness (QED) is 0.636. The number of nitrogens with zero attached hydrogens (tertiary/aromatic N) is 2. The van der Waals surface area contributed by atoms with Crippen molar-refractivity contribution in [3.63, 3.8) is 0 Å². The van der Waals surface area contributed by atoms with E-state index in [4.69, 9.17) is 0 Å². The molecule has 3 rings (SSSR count). The minimum Gasteiger partial charge on any atom is -0.352 e. The van der Waals surface area contributed by atoms with Gasteiger partial charge in [-0.3, -0.25) is 4.79 Å². The van der Waals surface area contributed by atoms with Crippen molar-refractivity contribution in [2.75, 3.05) is 5.75 Å². The lowest BCUT2D eigenvalue weighted by molar-refractivity contribution is -0.120. The molecule has 134 valence electrons. The van der Waals surface area contributed by atoms with E-state index in [1.165, 1.54) is 16.0 Å². The molecule has 0 bridgehead atoms. The number of thioether (sulfide) groups is 1. The van der Waals surface area contributed by atoms with Crippen LogP contribution in [0.25, 0.3) is 5.69 Å². The Hall–Kier alpha value is -2.53. The van der Waals surface area contributed by atoms with E-state index >= 15 is 0 Å². The summed E-state index contributed by atoms with van der Waals surface area (Å²) in [7, 11) is 0. The van der Waals surface area contributed by atoms with Crippen molar-refractivity contribution in [1.82, 2.24) is 15.1 Å². The maximum atomic E-state index is 12.0. The van der Waals surface area contributed by atoms with Crippen LogP contribution in [-0.4, -0.2) is 21.4 Å². The third-order valence-electron chi connectivity index (χ3n) is 4.27. The van der Waals surface area contributed by atoms with E-state index in [2.05, 4.69) is 42.5 Å². The van der Waals surface area contributed by atoms with E-state index in [-0.39, 0.29) is 5.91 Å². The summed E-state index contributed by atoms with van der Waals surface area (Å²) in [6.45, 7) is 4.77. The molecule has 26 heavy (non-hydrogen) atoms. The summed E-state index contributed by atoms with van der Waals surface area (Å²) in [4.78, 5) is 13.3. The molecule has 1 heterocycles. The molecular formula is C21H23N3OS. The third-order valence-corrected chi connectivity index (χ3v) is 5.27. The molecule has 0 aliphatic carbocycles. The van der Waals surface area contributed by atoms with Gasteiger partial charge in [-0.1, -0.05) is 18.2 Å². The molecule has 0 fully saturated rings. The van der Waals surface area contributed by atoms with E-state index in [0.717, 1.165) is 17.0 Å². The number of carbonyl (C=O) groups is 1. The van der Waals surface area contributed by atoms with Gasteiger partial charge in [0.1, 0.15) is 0 Å². The first-order valence-corrected chi connectivity index (χ1v) is 9.66. The molecule has 0 radical (unpaired) electrons. The van der Waals surface area contributed by atoms with Crippen LogP contribution in [0.2, 0.25) is 0 Å². The van der Waals surface area contributed by atoms with Gasteiger partial charge < -0.3 is 5.32 Å². The van der Waals surface area contributed by atoms with Crippen LogP contribution in [0.4, 0.5) is 0 Å². The molecule has 0 unspecified atom stereocenters. The fourth-order valence-electron chi connectivity index (χ4n) is 2.54. The predicted octanol–water partition coefficient (Wildman–Crippen LogP) is 4.29. The second kappa shape index (κ2) is 8.72. The highest BCUT2D eigenvalue weighted by Gasteiger charge is 2.04. The number of hydrogen-bond acceptors (Lipinski definition) is 3. The van der Waals surface area contributed by atoms with Crippen LogP contribution in [0, 0.1) is 13.8 Å². The molecule has 3 aromatic rings. The van der Waals surface area contributed by atoms with E-state index in [9.17, 15) is 4.79 Å². The lowest BCUT2D eigenvalue weighted by atomic mass is 10.1. The van der Waals surface area contributed by atoms with E-state index in [1.54, 1.807) is 18.0 Å². The number of benzene rings is 2. The average Bonchev–Trinajstić information content (AvgIpc) is 3.18. The maximum Gasteiger partial charge on any atom is 0.221 e. The molecule has 0 saturated carbocycles. The molecule has 1 N–H and O–H groups in total. The second-order valence-corrected chi connectivity index (χ2v) is 7.41. The Bertz CT molecular complexity index is 857. The largest absolute Gasteiger partial charge is 0.352 e. The van der Waals surface area contributed by atoms with Crippen molar-refractivity contribution >= 4 is 17.7 Å². The van der Waals surface area contributed by atoms with Crippen LogP contribution < -0.4 is 5.32 Å². The minimum absolute atomic E-state index is 0.0810. The lowest BCUT2D eigenvalue weighted by Gasteiger charge is -2.08. The van der Waals surface area contributed by atoms with Gasteiger partial charge in [0.05, 0.1) is 5.69 Å².